The van der Waals surface area contributed by atoms with Crippen molar-refractivity contribution in [3.8, 4) is 0 Å². The van der Waals surface area contributed by atoms with Gasteiger partial charge >= 0.3 is 0 Å². The third-order valence-electron chi connectivity index (χ3n) is 1.64. The minimum Gasteiger partial charge on any atom is -0.549 e. The molecule has 0 radical (unpaired) electrons. The second-order valence-electron chi connectivity index (χ2n) is 2.44. The van der Waals surface area contributed by atoms with Gasteiger partial charge in [0, 0.05) is 17.2 Å². The van der Waals surface area contributed by atoms with Gasteiger partial charge in [-0.3, -0.25) is 0 Å². The van der Waals surface area contributed by atoms with Crippen LogP contribution >= 0.6 is 15.9 Å². The molecule has 0 aliphatic heterocycles. The summed E-state index contributed by atoms with van der Waals surface area (Å²) in [6, 6.07) is 9.04. The van der Waals surface area contributed by atoms with Crippen molar-refractivity contribution < 1.29 is 9.90 Å². The SMILES string of the molecule is O=C([O-])C(CBr)c1ccccc1. The molecule has 0 spiro atoms. The summed E-state index contributed by atoms with van der Waals surface area (Å²) in [6.07, 6.45) is 0. The number of aliphatic carboxylic acids is 1. The maximum atomic E-state index is 10.6. The van der Waals surface area contributed by atoms with Crippen molar-refractivity contribution >= 4 is 21.9 Å². The van der Waals surface area contributed by atoms with Crippen molar-refractivity contribution in [2.75, 3.05) is 5.33 Å². The lowest BCUT2D eigenvalue weighted by Crippen LogP contribution is -2.30. The molecular weight excluding hydrogens is 220 g/mol. The highest BCUT2D eigenvalue weighted by molar-refractivity contribution is 9.09. The topological polar surface area (TPSA) is 40.1 Å². The highest BCUT2D eigenvalue weighted by atomic mass is 79.9. The van der Waals surface area contributed by atoms with Crippen LogP contribution in [0.15, 0.2) is 30.3 Å². The fourth-order valence-electron chi connectivity index (χ4n) is 0.974. The second-order valence-corrected chi connectivity index (χ2v) is 3.08. The molecule has 3 heteroatoms. The first-order valence-electron chi connectivity index (χ1n) is 3.57. The van der Waals surface area contributed by atoms with E-state index in [0.717, 1.165) is 5.56 Å². The van der Waals surface area contributed by atoms with Crippen molar-refractivity contribution in [3.63, 3.8) is 0 Å². The average Bonchev–Trinajstić information content (AvgIpc) is 2.07. The lowest BCUT2D eigenvalue weighted by Gasteiger charge is -2.14. The Morgan fingerprint density at radius 1 is 1.42 bits per heavy atom. The van der Waals surface area contributed by atoms with Crippen LogP contribution in [-0.2, 0) is 4.79 Å². The molecule has 1 unspecified atom stereocenters. The molecular formula is C9H8BrO2-. The van der Waals surface area contributed by atoms with Gasteiger partial charge in [0.25, 0.3) is 0 Å². The number of hydrogen-bond acceptors (Lipinski definition) is 2. The van der Waals surface area contributed by atoms with Gasteiger partial charge in [-0.05, 0) is 5.56 Å². The van der Waals surface area contributed by atoms with E-state index in [1.165, 1.54) is 0 Å². The van der Waals surface area contributed by atoms with Crippen LogP contribution in [0, 0.1) is 0 Å². The Bertz CT molecular complexity index is 258. The zero-order chi connectivity index (χ0) is 8.97. The Kier molecular flexibility index (Phi) is 3.29. The largest absolute Gasteiger partial charge is 0.549 e. The highest BCUT2D eigenvalue weighted by Gasteiger charge is 2.09. The number of carboxylic acid groups (broad SMARTS) is 1. The zero-order valence-electron chi connectivity index (χ0n) is 6.37. The van der Waals surface area contributed by atoms with Crippen LogP contribution < -0.4 is 5.11 Å². The molecule has 0 heterocycles. The molecule has 0 aliphatic rings. The van der Waals surface area contributed by atoms with Gasteiger partial charge in [0.15, 0.2) is 0 Å². The van der Waals surface area contributed by atoms with Crippen molar-refractivity contribution in [1.29, 1.82) is 0 Å². The summed E-state index contributed by atoms with van der Waals surface area (Å²) < 4.78 is 0. The molecule has 1 aromatic carbocycles. The molecule has 0 aromatic heterocycles. The quantitative estimate of drug-likeness (QED) is 0.721. The molecule has 0 N–H and O–H groups in total. The molecule has 0 saturated carbocycles. The number of carbonyl (C=O) groups excluding carboxylic acids is 1. The summed E-state index contributed by atoms with van der Waals surface area (Å²) in [5, 5.41) is 11.0. The number of rotatable bonds is 3. The average molecular weight is 228 g/mol. The van der Waals surface area contributed by atoms with Gasteiger partial charge in [-0.1, -0.05) is 46.3 Å². The Labute approximate surface area is 79.3 Å². The van der Waals surface area contributed by atoms with E-state index in [1.807, 2.05) is 18.2 Å². The third-order valence-corrected chi connectivity index (χ3v) is 2.29. The number of alkyl halides is 1. The first-order valence-corrected chi connectivity index (χ1v) is 4.69. The second kappa shape index (κ2) is 4.26. The molecule has 1 rings (SSSR count). The molecule has 0 saturated heterocycles. The number of halogens is 1. The number of benzene rings is 1. The van der Waals surface area contributed by atoms with Crippen LogP contribution in [0.4, 0.5) is 0 Å². The fourth-order valence-corrected chi connectivity index (χ4v) is 1.61. The predicted octanol–water partition coefficient (Wildman–Crippen LogP) is 0.915. The van der Waals surface area contributed by atoms with Gasteiger partial charge in [-0.25, -0.2) is 0 Å². The molecule has 64 valence electrons. The summed E-state index contributed by atoms with van der Waals surface area (Å²) in [5.41, 5.74) is 0.773. The van der Waals surface area contributed by atoms with Gasteiger partial charge in [0.1, 0.15) is 0 Å². The minimum atomic E-state index is -1.04. The van der Waals surface area contributed by atoms with Gasteiger partial charge in [-0.2, -0.15) is 0 Å². The van der Waals surface area contributed by atoms with E-state index in [4.69, 9.17) is 0 Å². The zero-order valence-corrected chi connectivity index (χ0v) is 7.95. The van der Waals surface area contributed by atoms with E-state index in [1.54, 1.807) is 12.1 Å². The van der Waals surface area contributed by atoms with E-state index in [9.17, 15) is 9.90 Å². The van der Waals surface area contributed by atoms with Gasteiger partial charge in [-0.15, -0.1) is 0 Å². The van der Waals surface area contributed by atoms with E-state index in [-0.39, 0.29) is 0 Å². The Balaban J connectivity index is 2.88. The van der Waals surface area contributed by atoms with Crippen molar-refractivity contribution in [3.05, 3.63) is 35.9 Å². The van der Waals surface area contributed by atoms with Crippen LogP contribution in [0.2, 0.25) is 0 Å². The summed E-state index contributed by atoms with van der Waals surface area (Å²) in [7, 11) is 0. The Morgan fingerprint density at radius 2 is 2.00 bits per heavy atom. The highest BCUT2D eigenvalue weighted by Crippen LogP contribution is 2.16. The number of carbonyl (C=O) groups is 1. The first-order chi connectivity index (χ1) is 5.75. The van der Waals surface area contributed by atoms with Crippen LogP contribution in [-0.4, -0.2) is 11.3 Å². The maximum absolute atomic E-state index is 10.6. The molecule has 1 aromatic rings. The van der Waals surface area contributed by atoms with E-state index in [0.29, 0.717) is 5.33 Å². The lowest BCUT2D eigenvalue weighted by molar-refractivity contribution is -0.307. The van der Waals surface area contributed by atoms with Crippen molar-refractivity contribution in [2.24, 2.45) is 0 Å². The van der Waals surface area contributed by atoms with Crippen LogP contribution in [0.5, 0.6) is 0 Å². The summed E-state index contributed by atoms with van der Waals surface area (Å²) in [4.78, 5) is 10.6. The van der Waals surface area contributed by atoms with Crippen molar-refractivity contribution in [2.45, 2.75) is 5.92 Å². The smallest absolute Gasteiger partial charge is 0.0497 e. The fraction of sp³-hybridized carbons (Fsp3) is 0.222. The standard InChI is InChI=1S/C9H9BrO2/c10-6-8(9(11)12)7-4-2-1-3-5-7/h1-5,8H,6H2,(H,11,12)/p-1. The normalized spacial score (nSPS) is 12.4. The van der Waals surface area contributed by atoms with Crippen LogP contribution in [0.25, 0.3) is 0 Å². The number of hydrogen-bond donors (Lipinski definition) is 0. The summed E-state index contributed by atoms with van der Waals surface area (Å²) in [5.74, 6) is -1.59. The molecule has 0 aliphatic carbocycles. The molecule has 0 amide bonds. The first kappa shape index (κ1) is 9.26. The number of carboxylic acids is 1. The van der Waals surface area contributed by atoms with Gasteiger partial charge < -0.3 is 9.90 Å². The maximum Gasteiger partial charge on any atom is 0.0497 e. The monoisotopic (exact) mass is 227 g/mol. The predicted molar refractivity (Wildman–Crippen MR) is 48.0 cm³/mol. The molecule has 2 nitrogen and oxygen atoms in total. The third kappa shape index (κ3) is 2.08. The molecule has 0 fully saturated rings. The lowest BCUT2D eigenvalue weighted by atomic mass is 10.0. The van der Waals surface area contributed by atoms with Crippen molar-refractivity contribution in [1.82, 2.24) is 0 Å². The van der Waals surface area contributed by atoms with Gasteiger partial charge in [0.05, 0.1) is 0 Å². The van der Waals surface area contributed by atoms with E-state index in [2.05, 4.69) is 15.9 Å². The summed E-state index contributed by atoms with van der Waals surface area (Å²) >= 11 is 3.13. The summed E-state index contributed by atoms with van der Waals surface area (Å²) in [6.45, 7) is 0. The Hall–Kier alpha value is -0.830. The van der Waals surface area contributed by atoms with Gasteiger partial charge in [0.2, 0.25) is 0 Å². The van der Waals surface area contributed by atoms with Crippen LogP contribution in [0.3, 0.4) is 0 Å². The Morgan fingerprint density at radius 3 is 2.42 bits per heavy atom. The molecule has 1 atom stereocenters. The molecule has 12 heavy (non-hydrogen) atoms. The van der Waals surface area contributed by atoms with Crippen LogP contribution in [0.1, 0.15) is 11.5 Å². The molecule has 0 bridgehead atoms. The van der Waals surface area contributed by atoms with E-state index < -0.39 is 11.9 Å². The minimum absolute atomic E-state index is 0.388. The van der Waals surface area contributed by atoms with E-state index >= 15 is 0 Å².